The number of carbonyl (C=O) groups is 1. The van der Waals surface area contributed by atoms with Crippen LogP contribution in [0, 0.1) is 0 Å². The lowest BCUT2D eigenvalue weighted by molar-refractivity contribution is -0.127. The maximum Gasteiger partial charge on any atom is 0.263 e. The molecule has 31 heavy (non-hydrogen) atoms. The number of fused-ring (bicyclic) bond motifs is 1. The van der Waals surface area contributed by atoms with Gasteiger partial charge < -0.3 is 19.7 Å². The molecule has 0 radical (unpaired) electrons. The summed E-state index contributed by atoms with van der Waals surface area (Å²) in [6, 6.07) is 14.9. The molecule has 4 rings (SSSR count). The van der Waals surface area contributed by atoms with Crippen LogP contribution in [0.1, 0.15) is 12.5 Å². The number of rotatable bonds is 6. The molecule has 2 aliphatic heterocycles. The molecule has 2 aromatic rings. The van der Waals surface area contributed by atoms with Crippen molar-refractivity contribution in [2.75, 3.05) is 47.8 Å². The van der Waals surface area contributed by atoms with Crippen LogP contribution in [0.3, 0.4) is 0 Å². The van der Waals surface area contributed by atoms with Gasteiger partial charge in [0.2, 0.25) is 10.0 Å². The lowest BCUT2D eigenvalue weighted by Crippen LogP contribution is -2.50. The molecule has 0 aromatic heterocycles. The highest BCUT2D eigenvalue weighted by molar-refractivity contribution is 7.92. The van der Waals surface area contributed by atoms with Gasteiger partial charge in [-0.05, 0) is 36.8 Å². The summed E-state index contributed by atoms with van der Waals surface area (Å²) < 4.78 is 37.6. The SMILES string of the molecule is CCS(=O)(=O)N1C[C@H](C(=O)NCc2ccc(N3CCOCC3)cc2)Oc2ccccc21. The minimum absolute atomic E-state index is 0.0466. The number of nitrogens with one attached hydrogen (secondary N) is 1. The molecule has 2 aromatic carbocycles. The number of morpholine rings is 1. The molecule has 0 saturated carbocycles. The standard InChI is InChI=1S/C22H27N3O5S/c1-2-31(27,28)25-16-21(30-20-6-4-3-5-19(20)25)22(26)23-15-17-7-9-18(10-8-17)24-11-13-29-14-12-24/h3-10,21H,2,11-16H2,1H3,(H,23,26)/t21-/m1/s1. The van der Waals surface area contributed by atoms with Crippen LogP contribution in [0.5, 0.6) is 5.75 Å². The Bertz CT molecular complexity index is 1020. The van der Waals surface area contributed by atoms with Crippen LogP contribution >= 0.6 is 0 Å². The van der Waals surface area contributed by atoms with Crippen molar-refractivity contribution >= 4 is 27.3 Å². The third kappa shape index (κ3) is 4.77. The van der Waals surface area contributed by atoms with Gasteiger partial charge in [0.25, 0.3) is 5.91 Å². The highest BCUT2D eigenvalue weighted by Crippen LogP contribution is 2.35. The van der Waals surface area contributed by atoms with Crippen molar-refractivity contribution in [3.63, 3.8) is 0 Å². The number of sulfonamides is 1. The number of anilines is 2. The number of hydrogen-bond donors (Lipinski definition) is 1. The van der Waals surface area contributed by atoms with E-state index in [0.29, 0.717) is 18.0 Å². The molecule has 8 nitrogen and oxygen atoms in total. The summed E-state index contributed by atoms with van der Waals surface area (Å²) in [6.07, 6.45) is -0.913. The summed E-state index contributed by atoms with van der Waals surface area (Å²) in [5.74, 6) is -0.00520. The third-order valence-electron chi connectivity index (χ3n) is 5.51. The minimum atomic E-state index is -3.52. The van der Waals surface area contributed by atoms with Crippen LogP contribution in [0.15, 0.2) is 48.5 Å². The van der Waals surface area contributed by atoms with Gasteiger partial charge in [0.15, 0.2) is 6.10 Å². The lowest BCUT2D eigenvalue weighted by Gasteiger charge is -2.34. The molecule has 0 aliphatic carbocycles. The second-order valence-electron chi connectivity index (χ2n) is 7.49. The van der Waals surface area contributed by atoms with E-state index in [9.17, 15) is 13.2 Å². The number of nitrogens with zero attached hydrogens (tertiary/aromatic N) is 2. The molecule has 1 atom stereocenters. The zero-order chi connectivity index (χ0) is 21.8. The number of carbonyl (C=O) groups excluding carboxylic acids is 1. The van der Waals surface area contributed by atoms with E-state index < -0.39 is 16.1 Å². The largest absolute Gasteiger partial charge is 0.476 e. The Morgan fingerprint density at radius 1 is 1.10 bits per heavy atom. The predicted octanol–water partition coefficient (Wildman–Crippen LogP) is 1.76. The van der Waals surface area contributed by atoms with E-state index in [1.165, 1.54) is 4.31 Å². The summed E-state index contributed by atoms with van der Waals surface area (Å²) >= 11 is 0. The molecular weight excluding hydrogens is 418 g/mol. The summed E-state index contributed by atoms with van der Waals surface area (Å²) in [5.41, 5.74) is 2.55. The topological polar surface area (TPSA) is 88.2 Å². The normalized spacial score (nSPS) is 18.8. The van der Waals surface area contributed by atoms with Crippen LogP contribution in [0.25, 0.3) is 0 Å². The van der Waals surface area contributed by atoms with Crippen molar-refractivity contribution in [2.45, 2.75) is 19.6 Å². The molecule has 1 saturated heterocycles. The maximum absolute atomic E-state index is 12.8. The van der Waals surface area contributed by atoms with E-state index in [-0.39, 0.29) is 18.2 Å². The number of benzene rings is 2. The van der Waals surface area contributed by atoms with E-state index in [1.807, 2.05) is 24.3 Å². The third-order valence-corrected chi connectivity index (χ3v) is 7.25. The number of hydrogen-bond acceptors (Lipinski definition) is 6. The molecule has 2 heterocycles. The first-order valence-corrected chi connectivity index (χ1v) is 12.0. The number of ether oxygens (including phenoxy) is 2. The first-order chi connectivity index (χ1) is 15.0. The van der Waals surface area contributed by atoms with Gasteiger partial charge in [0.1, 0.15) is 5.75 Å². The van der Waals surface area contributed by atoms with Crippen LogP contribution < -0.4 is 19.3 Å². The van der Waals surface area contributed by atoms with Crippen LogP contribution in [-0.4, -0.2) is 59.0 Å². The second kappa shape index (κ2) is 9.15. The maximum atomic E-state index is 12.8. The molecule has 166 valence electrons. The molecule has 9 heteroatoms. The van der Waals surface area contributed by atoms with Crippen molar-refractivity contribution in [3.8, 4) is 5.75 Å². The molecule has 2 aliphatic rings. The van der Waals surface area contributed by atoms with Gasteiger partial charge in [-0.3, -0.25) is 9.10 Å². The molecule has 1 amide bonds. The van der Waals surface area contributed by atoms with Gasteiger partial charge in [0, 0.05) is 25.3 Å². The first-order valence-electron chi connectivity index (χ1n) is 10.4. The van der Waals surface area contributed by atoms with Gasteiger partial charge >= 0.3 is 0 Å². The van der Waals surface area contributed by atoms with Gasteiger partial charge in [-0.15, -0.1) is 0 Å². The number of para-hydroxylation sites is 2. The average Bonchev–Trinajstić information content (AvgIpc) is 2.82. The summed E-state index contributed by atoms with van der Waals surface area (Å²) in [6.45, 7) is 5.07. The summed E-state index contributed by atoms with van der Waals surface area (Å²) in [5, 5.41) is 2.87. The zero-order valence-corrected chi connectivity index (χ0v) is 18.3. The fraction of sp³-hybridized carbons (Fsp3) is 0.409. The quantitative estimate of drug-likeness (QED) is 0.729. The molecule has 0 unspecified atom stereocenters. The Hall–Kier alpha value is -2.78. The monoisotopic (exact) mass is 445 g/mol. The van der Waals surface area contributed by atoms with Gasteiger partial charge in [-0.1, -0.05) is 24.3 Å². The highest BCUT2D eigenvalue weighted by atomic mass is 32.2. The van der Waals surface area contributed by atoms with Crippen molar-refractivity contribution < 1.29 is 22.7 Å². The van der Waals surface area contributed by atoms with Crippen molar-refractivity contribution in [2.24, 2.45) is 0 Å². The van der Waals surface area contributed by atoms with Gasteiger partial charge in [0.05, 0.1) is 31.2 Å². The highest BCUT2D eigenvalue weighted by Gasteiger charge is 2.35. The first kappa shape index (κ1) is 21.5. The molecular formula is C22H27N3O5S. The van der Waals surface area contributed by atoms with Crippen LogP contribution in [0.2, 0.25) is 0 Å². The second-order valence-corrected chi connectivity index (χ2v) is 9.67. The van der Waals surface area contributed by atoms with Crippen molar-refractivity contribution in [1.82, 2.24) is 5.32 Å². The fourth-order valence-corrected chi connectivity index (χ4v) is 4.83. The molecule has 0 bridgehead atoms. The van der Waals surface area contributed by atoms with Crippen molar-refractivity contribution in [1.29, 1.82) is 0 Å². The molecule has 1 N–H and O–H groups in total. The Morgan fingerprint density at radius 2 is 1.81 bits per heavy atom. The zero-order valence-electron chi connectivity index (χ0n) is 17.5. The molecule has 0 spiro atoms. The van der Waals surface area contributed by atoms with E-state index >= 15 is 0 Å². The van der Waals surface area contributed by atoms with E-state index in [1.54, 1.807) is 31.2 Å². The van der Waals surface area contributed by atoms with E-state index in [4.69, 9.17) is 9.47 Å². The van der Waals surface area contributed by atoms with Crippen molar-refractivity contribution in [3.05, 3.63) is 54.1 Å². The Kier molecular flexibility index (Phi) is 6.33. The van der Waals surface area contributed by atoms with Gasteiger partial charge in [-0.2, -0.15) is 0 Å². The van der Waals surface area contributed by atoms with Crippen LogP contribution in [0.4, 0.5) is 11.4 Å². The lowest BCUT2D eigenvalue weighted by atomic mass is 10.1. The Labute approximate surface area is 182 Å². The molecule has 1 fully saturated rings. The fourth-order valence-electron chi connectivity index (χ4n) is 3.71. The Morgan fingerprint density at radius 3 is 2.52 bits per heavy atom. The summed E-state index contributed by atoms with van der Waals surface area (Å²) in [7, 11) is -3.52. The smallest absolute Gasteiger partial charge is 0.263 e. The summed E-state index contributed by atoms with van der Waals surface area (Å²) in [4.78, 5) is 15.0. The van der Waals surface area contributed by atoms with E-state index in [2.05, 4.69) is 10.2 Å². The van der Waals surface area contributed by atoms with Gasteiger partial charge in [-0.25, -0.2) is 8.42 Å². The van der Waals surface area contributed by atoms with E-state index in [0.717, 1.165) is 37.6 Å². The van der Waals surface area contributed by atoms with Crippen LogP contribution in [-0.2, 0) is 26.1 Å². The Balaban J connectivity index is 1.40. The predicted molar refractivity (Wildman–Crippen MR) is 119 cm³/mol. The number of amides is 1. The average molecular weight is 446 g/mol. The minimum Gasteiger partial charge on any atom is -0.476 e.